The molecule has 0 saturated heterocycles. The summed E-state index contributed by atoms with van der Waals surface area (Å²) in [5, 5.41) is 0. The number of nitrogens with zero attached hydrogens (tertiary/aromatic N) is 3. The number of benzene rings is 1. The predicted octanol–water partition coefficient (Wildman–Crippen LogP) is 1.26. The van der Waals surface area contributed by atoms with E-state index >= 15 is 0 Å². The second-order valence-electron chi connectivity index (χ2n) is 5.26. The summed E-state index contributed by atoms with van der Waals surface area (Å²) in [6.45, 7) is 1.34. The van der Waals surface area contributed by atoms with E-state index in [4.69, 9.17) is 4.74 Å². The van der Waals surface area contributed by atoms with Crippen LogP contribution in [0.1, 0.15) is 22.5 Å². The maximum absolute atomic E-state index is 13.0. The molecule has 7 nitrogen and oxygen atoms in total. The van der Waals surface area contributed by atoms with Crippen LogP contribution in [0.3, 0.4) is 0 Å². The Labute approximate surface area is 134 Å². The molecule has 0 N–H and O–H groups in total. The molecule has 0 amide bonds. The molecule has 0 spiro atoms. The van der Waals surface area contributed by atoms with E-state index in [1.165, 1.54) is 23.5 Å². The van der Waals surface area contributed by atoms with Gasteiger partial charge in [0.15, 0.2) is 0 Å². The molecular formula is C15H17N3O4S. The minimum atomic E-state index is -3.80. The second kappa shape index (κ2) is 6.13. The topological polar surface area (TPSA) is 81.5 Å². The maximum atomic E-state index is 13.0. The van der Waals surface area contributed by atoms with Gasteiger partial charge in [0.2, 0.25) is 10.0 Å². The van der Waals surface area contributed by atoms with Crippen LogP contribution >= 0.6 is 0 Å². The van der Waals surface area contributed by atoms with Crippen molar-refractivity contribution in [3.8, 4) is 0 Å². The number of hydrogen-bond acceptors (Lipinski definition) is 5. The zero-order valence-electron chi connectivity index (χ0n) is 12.7. The highest BCUT2D eigenvalue weighted by Gasteiger charge is 2.30. The number of rotatable bonds is 3. The quantitative estimate of drug-likeness (QED) is 0.789. The van der Waals surface area contributed by atoms with Crippen molar-refractivity contribution >= 4 is 16.0 Å². The zero-order valence-corrected chi connectivity index (χ0v) is 13.5. The molecule has 1 aromatic heterocycles. The molecule has 2 heterocycles. The monoisotopic (exact) mass is 335 g/mol. The van der Waals surface area contributed by atoms with Crippen LogP contribution in [0, 0.1) is 0 Å². The van der Waals surface area contributed by atoms with Gasteiger partial charge in [-0.15, -0.1) is 0 Å². The fourth-order valence-corrected chi connectivity index (χ4v) is 4.30. The van der Waals surface area contributed by atoms with Crippen molar-refractivity contribution in [2.24, 2.45) is 0 Å². The van der Waals surface area contributed by atoms with Crippen LogP contribution in [0.2, 0.25) is 0 Å². The first-order chi connectivity index (χ1) is 11.0. The van der Waals surface area contributed by atoms with Gasteiger partial charge >= 0.3 is 5.97 Å². The van der Waals surface area contributed by atoms with Gasteiger partial charge in [0.05, 0.1) is 36.1 Å². The molecule has 2 aromatic rings. The molecule has 0 aliphatic carbocycles. The Kier molecular flexibility index (Phi) is 4.18. The number of fused-ring (bicyclic) bond motifs is 1. The average Bonchev–Trinajstić information content (AvgIpc) is 2.90. The largest absolute Gasteiger partial charge is 0.465 e. The molecule has 0 bridgehead atoms. The fraction of sp³-hybridized carbons (Fsp3) is 0.333. The number of carbonyl (C=O) groups excluding carboxylic acids is 1. The van der Waals surface area contributed by atoms with Crippen molar-refractivity contribution in [1.82, 2.24) is 13.9 Å². The molecule has 8 heteroatoms. The minimum Gasteiger partial charge on any atom is -0.465 e. The van der Waals surface area contributed by atoms with E-state index in [0.29, 0.717) is 13.0 Å². The van der Waals surface area contributed by atoms with Gasteiger partial charge in [-0.05, 0) is 18.6 Å². The smallest absolute Gasteiger partial charge is 0.339 e. The summed E-state index contributed by atoms with van der Waals surface area (Å²) in [4.78, 5) is 15.9. The highest BCUT2D eigenvalue weighted by molar-refractivity contribution is 7.89. The van der Waals surface area contributed by atoms with Gasteiger partial charge in [-0.25, -0.2) is 18.2 Å². The summed E-state index contributed by atoms with van der Waals surface area (Å²) >= 11 is 0. The Hall–Kier alpha value is -2.19. The van der Waals surface area contributed by atoms with Crippen molar-refractivity contribution in [3.05, 3.63) is 48.0 Å². The first-order valence-electron chi connectivity index (χ1n) is 7.20. The van der Waals surface area contributed by atoms with Gasteiger partial charge in [0.1, 0.15) is 0 Å². The summed E-state index contributed by atoms with van der Waals surface area (Å²) in [7, 11) is -2.57. The third kappa shape index (κ3) is 2.87. The number of hydrogen-bond donors (Lipinski definition) is 0. The summed E-state index contributed by atoms with van der Waals surface area (Å²) in [5.41, 5.74) is 0.884. The van der Waals surface area contributed by atoms with Gasteiger partial charge in [-0.1, -0.05) is 12.1 Å². The number of aryl methyl sites for hydroxylation is 1. The summed E-state index contributed by atoms with van der Waals surface area (Å²) in [6.07, 6.45) is 4.05. The van der Waals surface area contributed by atoms with E-state index in [0.717, 1.165) is 12.2 Å². The van der Waals surface area contributed by atoms with Crippen LogP contribution in [-0.2, 0) is 27.8 Å². The Balaban J connectivity index is 2.01. The van der Waals surface area contributed by atoms with Gasteiger partial charge < -0.3 is 9.30 Å². The number of methoxy groups -OCH3 is 1. The van der Waals surface area contributed by atoms with Gasteiger partial charge in [0.25, 0.3) is 0 Å². The molecule has 0 fully saturated rings. The van der Waals surface area contributed by atoms with E-state index in [-0.39, 0.29) is 17.0 Å². The number of ether oxygens (including phenoxy) is 1. The van der Waals surface area contributed by atoms with E-state index in [1.807, 2.05) is 4.57 Å². The normalized spacial score (nSPS) is 15.7. The lowest BCUT2D eigenvalue weighted by Gasteiger charge is -2.21. The molecule has 0 unspecified atom stereocenters. The van der Waals surface area contributed by atoms with E-state index < -0.39 is 16.0 Å². The molecule has 122 valence electrons. The standard InChI is InChI=1S/C15H17N3O4S/c1-22-15(19)13-5-2-3-6-14(13)23(20,21)18-8-4-7-17-11-16-9-12(17)10-18/h2-3,5-6,9,11H,4,7-8,10H2,1H3. The molecule has 1 aliphatic rings. The molecular weight excluding hydrogens is 318 g/mol. The highest BCUT2D eigenvalue weighted by Crippen LogP contribution is 2.24. The first kappa shape index (κ1) is 15.7. The summed E-state index contributed by atoms with van der Waals surface area (Å²) in [5.74, 6) is -0.663. The van der Waals surface area contributed by atoms with Crippen LogP contribution in [0.25, 0.3) is 0 Å². The zero-order chi connectivity index (χ0) is 16.4. The minimum absolute atomic E-state index is 0.0279. The lowest BCUT2D eigenvalue weighted by molar-refractivity contribution is 0.0596. The number of aromatic nitrogens is 2. The molecule has 0 atom stereocenters. The van der Waals surface area contributed by atoms with Crippen LogP contribution < -0.4 is 0 Å². The maximum Gasteiger partial charge on any atom is 0.339 e. The van der Waals surface area contributed by atoms with Crippen LogP contribution in [0.5, 0.6) is 0 Å². The lowest BCUT2D eigenvalue weighted by Crippen LogP contribution is -2.32. The number of carbonyl (C=O) groups is 1. The lowest BCUT2D eigenvalue weighted by atomic mass is 10.2. The van der Waals surface area contributed by atoms with Gasteiger partial charge in [-0.2, -0.15) is 4.31 Å². The van der Waals surface area contributed by atoms with Crippen molar-refractivity contribution in [2.75, 3.05) is 13.7 Å². The van der Waals surface area contributed by atoms with Crippen molar-refractivity contribution in [2.45, 2.75) is 24.4 Å². The molecule has 1 aliphatic heterocycles. The van der Waals surface area contributed by atoms with Gasteiger partial charge in [0, 0.05) is 19.3 Å². The molecule has 0 saturated carbocycles. The van der Waals surface area contributed by atoms with Crippen molar-refractivity contribution in [1.29, 1.82) is 0 Å². The van der Waals surface area contributed by atoms with Gasteiger partial charge in [-0.3, -0.25) is 0 Å². The molecule has 0 radical (unpaired) electrons. The Morgan fingerprint density at radius 1 is 1.26 bits per heavy atom. The second-order valence-corrected chi connectivity index (χ2v) is 7.16. The molecule has 23 heavy (non-hydrogen) atoms. The Morgan fingerprint density at radius 2 is 2.04 bits per heavy atom. The third-order valence-corrected chi connectivity index (χ3v) is 5.76. The van der Waals surface area contributed by atoms with E-state index in [1.54, 1.807) is 24.7 Å². The average molecular weight is 335 g/mol. The van der Waals surface area contributed by atoms with Crippen LogP contribution in [0.4, 0.5) is 0 Å². The fourth-order valence-electron chi connectivity index (χ4n) is 2.67. The van der Waals surface area contributed by atoms with Crippen LogP contribution in [-0.4, -0.2) is 41.9 Å². The summed E-state index contributed by atoms with van der Waals surface area (Å²) in [6, 6.07) is 6.11. The Morgan fingerprint density at radius 3 is 2.83 bits per heavy atom. The number of sulfonamides is 1. The number of esters is 1. The summed E-state index contributed by atoms with van der Waals surface area (Å²) < 4.78 is 34.0. The van der Waals surface area contributed by atoms with E-state index in [2.05, 4.69) is 4.98 Å². The van der Waals surface area contributed by atoms with Crippen molar-refractivity contribution in [3.63, 3.8) is 0 Å². The predicted molar refractivity (Wildman–Crippen MR) is 82.2 cm³/mol. The number of imidazole rings is 1. The molecule has 3 rings (SSSR count). The molecule has 1 aromatic carbocycles. The first-order valence-corrected chi connectivity index (χ1v) is 8.64. The highest BCUT2D eigenvalue weighted by atomic mass is 32.2. The Bertz CT molecular complexity index is 829. The van der Waals surface area contributed by atoms with E-state index in [9.17, 15) is 13.2 Å². The van der Waals surface area contributed by atoms with Crippen molar-refractivity contribution < 1.29 is 17.9 Å². The SMILES string of the molecule is COC(=O)c1ccccc1S(=O)(=O)N1CCCn2cncc2C1. The van der Waals surface area contributed by atoms with Crippen LogP contribution in [0.15, 0.2) is 41.7 Å². The third-order valence-electron chi connectivity index (χ3n) is 3.85.